The van der Waals surface area contributed by atoms with Crippen LogP contribution in [0.1, 0.15) is 21.1 Å². The Morgan fingerprint density at radius 1 is 1.38 bits per heavy atom. The number of carboxylic acids is 1. The smallest absolute Gasteiger partial charge is 0.317 e. The van der Waals surface area contributed by atoms with E-state index in [1.807, 2.05) is 29.2 Å². The van der Waals surface area contributed by atoms with Crippen molar-refractivity contribution in [1.29, 1.82) is 0 Å². The van der Waals surface area contributed by atoms with E-state index in [4.69, 9.17) is 21.7 Å². The number of carboxylic acid groups (broad SMARTS) is 1. The fourth-order valence-electron chi connectivity index (χ4n) is 2.48. The minimum Gasteiger partial charge on any atom is -0.480 e. The lowest BCUT2D eigenvalue weighted by Gasteiger charge is -2.23. The van der Waals surface area contributed by atoms with Crippen LogP contribution in [0.15, 0.2) is 24.3 Å². The Bertz CT molecular complexity index is 654. The molecular formula is C15H15ClN2O2S. The summed E-state index contributed by atoms with van der Waals surface area (Å²) < 4.78 is 0. The van der Waals surface area contributed by atoms with E-state index >= 15 is 0 Å². The number of fused-ring (bicyclic) bond motifs is 1. The predicted molar refractivity (Wildman–Crippen MR) is 83.0 cm³/mol. The van der Waals surface area contributed by atoms with Crippen LogP contribution in [0.25, 0.3) is 0 Å². The van der Waals surface area contributed by atoms with Crippen LogP contribution in [-0.4, -0.2) is 34.0 Å². The maximum atomic E-state index is 10.8. The molecule has 1 aliphatic heterocycles. The van der Waals surface area contributed by atoms with E-state index in [0.717, 1.165) is 35.1 Å². The third kappa shape index (κ3) is 3.61. The maximum absolute atomic E-state index is 10.8. The first-order valence-corrected chi connectivity index (χ1v) is 7.95. The minimum atomic E-state index is -0.774. The quantitative estimate of drug-likeness (QED) is 0.940. The number of hydrogen-bond acceptors (Lipinski definition) is 4. The molecule has 3 rings (SSSR count). The van der Waals surface area contributed by atoms with Gasteiger partial charge in [-0.2, -0.15) is 0 Å². The van der Waals surface area contributed by atoms with Crippen LogP contribution in [-0.2, 0) is 24.2 Å². The van der Waals surface area contributed by atoms with Crippen molar-refractivity contribution in [1.82, 2.24) is 9.88 Å². The van der Waals surface area contributed by atoms with Crippen LogP contribution in [0.3, 0.4) is 0 Å². The lowest BCUT2D eigenvalue weighted by molar-refractivity contribution is -0.138. The number of benzene rings is 1. The molecule has 0 unspecified atom stereocenters. The topological polar surface area (TPSA) is 53.4 Å². The van der Waals surface area contributed by atoms with Gasteiger partial charge in [-0.1, -0.05) is 23.7 Å². The molecule has 1 N–H and O–H groups in total. The normalized spacial score (nSPS) is 14.9. The van der Waals surface area contributed by atoms with Crippen molar-refractivity contribution in [2.75, 3.05) is 13.1 Å². The summed E-state index contributed by atoms with van der Waals surface area (Å²) in [6.07, 6.45) is 1.63. The van der Waals surface area contributed by atoms with Crippen molar-refractivity contribution in [2.24, 2.45) is 0 Å². The van der Waals surface area contributed by atoms with Crippen LogP contribution in [0.5, 0.6) is 0 Å². The van der Waals surface area contributed by atoms with Crippen LogP contribution >= 0.6 is 22.9 Å². The first-order valence-electron chi connectivity index (χ1n) is 6.76. The molecule has 0 aliphatic carbocycles. The molecule has 1 aromatic carbocycles. The summed E-state index contributed by atoms with van der Waals surface area (Å²) in [5, 5.41) is 10.7. The lowest BCUT2D eigenvalue weighted by atomic mass is 10.1. The van der Waals surface area contributed by atoms with E-state index in [1.165, 1.54) is 10.4 Å². The molecule has 21 heavy (non-hydrogen) atoms. The molecule has 0 atom stereocenters. The number of nitrogens with zero attached hydrogens (tertiary/aromatic N) is 2. The molecule has 0 saturated carbocycles. The number of halogens is 1. The average Bonchev–Trinajstić information content (AvgIpc) is 2.82. The van der Waals surface area contributed by atoms with E-state index in [-0.39, 0.29) is 6.54 Å². The number of hydrogen-bond donors (Lipinski definition) is 1. The van der Waals surface area contributed by atoms with Gasteiger partial charge in [0.1, 0.15) is 0 Å². The fourth-order valence-corrected chi connectivity index (χ4v) is 3.80. The van der Waals surface area contributed by atoms with Gasteiger partial charge in [0.15, 0.2) is 0 Å². The number of thiazole rings is 1. The van der Waals surface area contributed by atoms with Crippen molar-refractivity contribution in [3.63, 3.8) is 0 Å². The summed E-state index contributed by atoms with van der Waals surface area (Å²) in [5.74, 6) is -0.774. The first kappa shape index (κ1) is 14.5. The molecule has 0 bridgehead atoms. The Morgan fingerprint density at radius 3 is 2.86 bits per heavy atom. The molecule has 1 aromatic heterocycles. The highest BCUT2D eigenvalue weighted by Gasteiger charge is 2.21. The van der Waals surface area contributed by atoms with E-state index in [0.29, 0.717) is 6.54 Å². The summed E-state index contributed by atoms with van der Waals surface area (Å²) in [5.41, 5.74) is 2.32. The molecule has 1 aliphatic rings. The van der Waals surface area contributed by atoms with Crippen molar-refractivity contribution in [2.45, 2.75) is 19.4 Å². The van der Waals surface area contributed by atoms with Crippen molar-refractivity contribution < 1.29 is 9.90 Å². The Balaban J connectivity index is 1.71. The van der Waals surface area contributed by atoms with Gasteiger partial charge in [-0.3, -0.25) is 9.69 Å². The highest BCUT2D eigenvalue weighted by atomic mass is 35.5. The summed E-state index contributed by atoms with van der Waals surface area (Å²) in [4.78, 5) is 18.6. The van der Waals surface area contributed by atoms with Gasteiger partial charge in [-0.15, -0.1) is 11.3 Å². The third-order valence-electron chi connectivity index (χ3n) is 3.48. The summed E-state index contributed by atoms with van der Waals surface area (Å²) in [6.45, 7) is 1.56. The Kier molecular flexibility index (Phi) is 4.24. The van der Waals surface area contributed by atoms with Gasteiger partial charge in [-0.25, -0.2) is 4.98 Å². The zero-order valence-corrected chi connectivity index (χ0v) is 13.0. The van der Waals surface area contributed by atoms with Gasteiger partial charge in [-0.05, 0) is 17.7 Å². The Hall–Kier alpha value is -1.43. The second kappa shape index (κ2) is 6.13. The van der Waals surface area contributed by atoms with E-state index in [2.05, 4.69) is 0 Å². The largest absolute Gasteiger partial charge is 0.480 e. The maximum Gasteiger partial charge on any atom is 0.317 e. The molecule has 0 spiro atoms. The first-order chi connectivity index (χ1) is 10.1. The van der Waals surface area contributed by atoms with Gasteiger partial charge in [0.2, 0.25) is 0 Å². The van der Waals surface area contributed by atoms with E-state index in [9.17, 15) is 4.79 Å². The van der Waals surface area contributed by atoms with Gasteiger partial charge < -0.3 is 5.11 Å². The van der Waals surface area contributed by atoms with E-state index < -0.39 is 5.97 Å². The van der Waals surface area contributed by atoms with Crippen molar-refractivity contribution in [3.05, 3.63) is 50.4 Å². The van der Waals surface area contributed by atoms with Gasteiger partial charge in [0, 0.05) is 35.8 Å². The lowest BCUT2D eigenvalue weighted by Crippen LogP contribution is -2.34. The molecule has 0 radical (unpaired) electrons. The Labute approximate surface area is 132 Å². The molecule has 110 valence electrons. The van der Waals surface area contributed by atoms with Crippen molar-refractivity contribution in [3.8, 4) is 0 Å². The van der Waals surface area contributed by atoms with Crippen LogP contribution < -0.4 is 0 Å². The van der Waals surface area contributed by atoms with Crippen LogP contribution in [0.2, 0.25) is 5.02 Å². The van der Waals surface area contributed by atoms with Gasteiger partial charge in [0.25, 0.3) is 0 Å². The van der Waals surface area contributed by atoms with E-state index in [1.54, 1.807) is 11.3 Å². The minimum absolute atomic E-state index is 0.101. The molecule has 2 heterocycles. The highest BCUT2D eigenvalue weighted by Crippen LogP contribution is 2.26. The van der Waals surface area contributed by atoms with Crippen LogP contribution in [0, 0.1) is 0 Å². The second-order valence-corrected chi connectivity index (χ2v) is 6.74. The fraction of sp³-hybridized carbons (Fsp3) is 0.333. The molecule has 4 nitrogen and oxygen atoms in total. The molecule has 0 fully saturated rings. The predicted octanol–water partition coefficient (Wildman–Crippen LogP) is 2.83. The number of carbonyl (C=O) groups is 1. The summed E-state index contributed by atoms with van der Waals surface area (Å²) in [7, 11) is 0. The van der Waals surface area contributed by atoms with Crippen molar-refractivity contribution >= 4 is 28.9 Å². The molecule has 6 heteroatoms. The molecule has 0 amide bonds. The highest BCUT2D eigenvalue weighted by molar-refractivity contribution is 7.11. The van der Waals surface area contributed by atoms with Crippen LogP contribution in [0.4, 0.5) is 0 Å². The number of aromatic nitrogens is 1. The summed E-state index contributed by atoms with van der Waals surface area (Å²) in [6, 6.07) is 7.80. The third-order valence-corrected chi connectivity index (χ3v) is 4.82. The second-order valence-electron chi connectivity index (χ2n) is 5.14. The molecule has 2 aromatic rings. The average molecular weight is 323 g/mol. The monoisotopic (exact) mass is 322 g/mol. The summed E-state index contributed by atoms with van der Waals surface area (Å²) >= 11 is 7.57. The molecular weight excluding hydrogens is 308 g/mol. The number of aliphatic carboxylic acids is 1. The van der Waals surface area contributed by atoms with Gasteiger partial charge in [0.05, 0.1) is 17.2 Å². The number of rotatable bonds is 4. The zero-order valence-electron chi connectivity index (χ0n) is 11.4. The standard InChI is InChI=1S/C15H15ClN2O2S/c16-11-3-1-10(2-4-11)7-14-17-12-5-6-18(9-15(19)20)8-13(12)21-14/h1-4H,5-9H2,(H,19,20). The Morgan fingerprint density at radius 2 is 2.14 bits per heavy atom. The molecule has 0 saturated heterocycles. The SMILES string of the molecule is O=C(O)CN1CCc2nc(Cc3ccc(Cl)cc3)sc2C1. The van der Waals surface area contributed by atoms with Gasteiger partial charge >= 0.3 is 5.97 Å². The zero-order chi connectivity index (χ0) is 14.8.